The maximum Gasteiger partial charge on any atom is 0.429 e. The zero-order valence-electron chi connectivity index (χ0n) is 16.1. The molecule has 0 spiro atoms. The molecule has 0 N–H and O–H groups in total. The van der Waals surface area contributed by atoms with Crippen molar-refractivity contribution in [2.24, 2.45) is 11.8 Å². The fourth-order valence-corrected chi connectivity index (χ4v) is 3.02. The maximum atomic E-state index is 14.5. The minimum absolute atomic E-state index is 0.803. The third-order valence-electron chi connectivity index (χ3n) is 4.84. The van der Waals surface area contributed by atoms with Gasteiger partial charge in [-0.2, -0.15) is 52.7 Å². The van der Waals surface area contributed by atoms with Crippen molar-refractivity contribution >= 4 is 0 Å². The number of ether oxygens (including phenoxy) is 1. The van der Waals surface area contributed by atoms with E-state index in [9.17, 15) is 74.6 Å². The Labute approximate surface area is 179 Å². The first kappa shape index (κ1) is 30.8. The van der Waals surface area contributed by atoms with E-state index in [0.29, 0.717) is 0 Å². The van der Waals surface area contributed by atoms with Gasteiger partial charge in [0.2, 0.25) is 0 Å². The molecule has 0 saturated carbocycles. The molecule has 1 aliphatic rings. The number of piperidine rings is 1. The molecule has 4 unspecified atom stereocenters. The second-order valence-corrected chi connectivity index (χ2v) is 7.52. The van der Waals surface area contributed by atoms with Crippen LogP contribution in [0.5, 0.6) is 0 Å². The lowest BCUT2D eigenvalue weighted by Gasteiger charge is -2.44. The normalized spacial score (nSPS) is 25.7. The second-order valence-electron chi connectivity index (χ2n) is 7.52. The van der Waals surface area contributed by atoms with Gasteiger partial charge in [-0.15, -0.1) is 0 Å². The van der Waals surface area contributed by atoms with Gasteiger partial charge in [0.1, 0.15) is 6.61 Å². The molecule has 0 amide bonds. The van der Waals surface area contributed by atoms with Gasteiger partial charge in [-0.25, -0.2) is 22.0 Å². The predicted molar refractivity (Wildman–Crippen MR) is 76.8 cm³/mol. The fourth-order valence-electron chi connectivity index (χ4n) is 3.02. The number of halogens is 17. The average Bonchev–Trinajstić information content (AvgIpc) is 2.63. The Morgan fingerprint density at radius 1 is 0.676 bits per heavy atom. The quantitative estimate of drug-likeness (QED) is 0.280. The zero-order valence-corrected chi connectivity index (χ0v) is 16.1. The largest absolute Gasteiger partial charge is 0.429 e. The fraction of sp³-hybridized carbons (Fsp3) is 1.00. The molecule has 1 heterocycles. The number of hydrogen-bond acceptors (Lipinski definition) is 2. The summed E-state index contributed by atoms with van der Waals surface area (Å²) in [5, 5.41) is 0. The highest BCUT2D eigenvalue weighted by Crippen LogP contribution is 2.46. The van der Waals surface area contributed by atoms with Crippen LogP contribution < -0.4 is 0 Å². The minimum atomic E-state index is -6.51. The van der Waals surface area contributed by atoms with Gasteiger partial charge in [0, 0.05) is 13.1 Å². The first-order chi connectivity index (χ1) is 14.8. The molecule has 0 aromatic carbocycles. The summed E-state index contributed by atoms with van der Waals surface area (Å²) in [6, 6.07) is 0. The van der Waals surface area contributed by atoms with Crippen molar-refractivity contribution < 1.29 is 79.4 Å². The Balaban J connectivity index is 3.16. The summed E-state index contributed by atoms with van der Waals surface area (Å²) in [7, 11) is 0. The lowest BCUT2D eigenvalue weighted by atomic mass is 9.87. The molecule has 0 aromatic rings. The van der Waals surface area contributed by atoms with Crippen molar-refractivity contribution in [3.8, 4) is 0 Å². The zero-order chi connectivity index (χ0) is 27.1. The average molecular weight is 547 g/mol. The summed E-state index contributed by atoms with van der Waals surface area (Å²) in [4.78, 5) is -0.803. The number of hydrogen-bond donors (Lipinski definition) is 0. The second kappa shape index (κ2) is 9.65. The smallest absolute Gasteiger partial charge is 0.371 e. The molecule has 2 nitrogen and oxygen atoms in total. The van der Waals surface area contributed by atoms with Gasteiger partial charge in [0.15, 0.2) is 6.30 Å². The molecule has 19 heteroatoms. The molecular weight excluding hydrogens is 533 g/mol. The SMILES string of the molecule is FC(C(F)(F)F)C(F)(F)COC[C@](F)(C(F)N1CC(C(F)(F)F)CC(C(F)(F)F)C1)C(F)(F)F. The van der Waals surface area contributed by atoms with Crippen molar-refractivity contribution in [1.82, 2.24) is 4.90 Å². The highest BCUT2D eigenvalue weighted by Gasteiger charge is 2.66. The predicted octanol–water partition coefficient (Wildman–Crippen LogP) is 6.17. The molecule has 1 rings (SSSR count). The molecular formula is C15H14F17NO. The van der Waals surface area contributed by atoms with Crippen LogP contribution in [0.3, 0.4) is 0 Å². The molecule has 0 aliphatic carbocycles. The van der Waals surface area contributed by atoms with Gasteiger partial charge in [-0.05, 0) is 6.42 Å². The molecule has 1 aliphatic heterocycles. The van der Waals surface area contributed by atoms with E-state index in [1.165, 1.54) is 0 Å². The van der Waals surface area contributed by atoms with E-state index >= 15 is 0 Å². The highest BCUT2D eigenvalue weighted by atomic mass is 19.4. The van der Waals surface area contributed by atoms with Crippen molar-refractivity contribution in [3.05, 3.63) is 0 Å². The van der Waals surface area contributed by atoms with Crippen LogP contribution in [0.2, 0.25) is 0 Å². The molecule has 5 atom stereocenters. The topological polar surface area (TPSA) is 12.5 Å². The number of alkyl halides is 17. The molecule has 1 saturated heterocycles. The summed E-state index contributed by atoms with van der Waals surface area (Å²) in [6.07, 6.45) is -34.8. The first-order valence-electron chi connectivity index (χ1n) is 8.77. The van der Waals surface area contributed by atoms with E-state index in [1.54, 1.807) is 0 Å². The lowest BCUT2D eigenvalue weighted by molar-refractivity contribution is -0.303. The summed E-state index contributed by atoms with van der Waals surface area (Å²) in [6.45, 7) is -9.59. The van der Waals surface area contributed by atoms with Crippen LogP contribution in [-0.4, -0.2) is 80.0 Å². The highest BCUT2D eigenvalue weighted by molar-refractivity contribution is 4.98. The molecule has 1 fully saturated rings. The standard InChI is InChI=1S/C15H14F17NO/c16-8(14(27,28)29)11(19,20)5-34-4-10(18,15(30,31)32)9(17)33-2-6(12(21,22)23)1-7(3-33)13(24,25)26/h6-9H,1-5H2/t6?,7?,8?,9?,10-/m0/s1. The van der Waals surface area contributed by atoms with Crippen LogP contribution in [0.1, 0.15) is 6.42 Å². The van der Waals surface area contributed by atoms with E-state index in [-0.39, 0.29) is 0 Å². The number of nitrogens with zero attached hydrogens (tertiary/aromatic N) is 1. The summed E-state index contributed by atoms with van der Waals surface area (Å²) < 4.78 is 224. The molecule has 0 bridgehead atoms. The number of likely N-dealkylation sites (tertiary alicyclic amines) is 1. The van der Waals surface area contributed by atoms with Crippen LogP contribution in [0.4, 0.5) is 74.6 Å². The van der Waals surface area contributed by atoms with E-state index < -0.39 is 98.2 Å². The molecule has 0 radical (unpaired) electrons. The summed E-state index contributed by atoms with van der Waals surface area (Å²) >= 11 is 0. The summed E-state index contributed by atoms with van der Waals surface area (Å²) in [5.41, 5.74) is -5.57. The van der Waals surface area contributed by atoms with Crippen molar-refractivity contribution in [1.29, 1.82) is 0 Å². The Morgan fingerprint density at radius 2 is 1.09 bits per heavy atom. The van der Waals surface area contributed by atoms with Crippen LogP contribution in [0.25, 0.3) is 0 Å². The lowest BCUT2D eigenvalue weighted by Crippen LogP contribution is -2.63. The van der Waals surface area contributed by atoms with E-state index in [1.807, 2.05) is 0 Å². The van der Waals surface area contributed by atoms with Crippen LogP contribution >= 0.6 is 0 Å². The van der Waals surface area contributed by atoms with Crippen LogP contribution in [-0.2, 0) is 4.74 Å². The summed E-state index contributed by atoms with van der Waals surface area (Å²) in [5.74, 6) is -11.7. The van der Waals surface area contributed by atoms with Crippen molar-refractivity contribution in [2.75, 3.05) is 26.3 Å². The van der Waals surface area contributed by atoms with E-state index in [2.05, 4.69) is 4.74 Å². The number of rotatable bonds is 7. The first-order valence-corrected chi connectivity index (χ1v) is 8.77. The van der Waals surface area contributed by atoms with Gasteiger partial charge in [-0.3, -0.25) is 4.90 Å². The maximum absolute atomic E-state index is 14.5. The van der Waals surface area contributed by atoms with E-state index in [4.69, 9.17) is 0 Å². The van der Waals surface area contributed by atoms with Crippen molar-refractivity contribution in [3.63, 3.8) is 0 Å². The van der Waals surface area contributed by atoms with Crippen molar-refractivity contribution in [2.45, 2.75) is 55.2 Å². The Hall–Kier alpha value is -1.27. The molecule has 204 valence electrons. The van der Waals surface area contributed by atoms with Gasteiger partial charge in [0.25, 0.3) is 11.8 Å². The molecule has 0 aromatic heterocycles. The Morgan fingerprint density at radius 3 is 1.41 bits per heavy atom. The van der Waals surface area contributed by atoms with E-state index in [0.717, 1.165) is 0 Å². The Kier molecular flexibility index (Phi) is 8.73. The Bertz CT molecular complexity index is 646. The monoisotopic (exact) mass is 547 g/mol. The van der Waals surface area contributed by atoms with Gasteiger partial charge in [0.05, 0.1) is 18.4 Å². The molecule has 34 heavy (non-hydrogen) atoms. The third-order valence-corrected chi connectivity index (χ3v) is 4.84. The third kappa shape index (κ3) is 7.13. The van der Waals surface area contributed by atoms with Crippen LogP contribution in [0, 0.1) is 11.8 Å². The van der Waals surface area contributed by atoms with Gasteiger partial charge < -0.3 is 4.74 Å². The van der Waals surface area contributed by atoms with Gasteiger partial charge >= 0.3 is 30.6 Å². The minimum Gasteiger partial charge on any atom is -0.371 e. The van der Waals surface area contributed by atoms with Crippen LogP contribution in [0.15, 0.2) is 0 Å². The van der Waals surface area contributed by atoms with Gasteiger partial charge in [-0.1, -0.05) is 0 Å².